The lowest BCUT2D eigenvalue weighted by molar-refractivity contribution is -0.118. The van der Waals surface area contributed by atoms with Crippen LogP contribution in [0.25, 0.3) is 0 Å². The number of hydrogen-bond acceptors (Lipinski definition) is 3. The Kier molecular flexibility index (Phi) is 5.79. The van der Waals surface area contributed by atoms with Crippen LogP contribution in [0, 0.1) is 11.7 Å². The summed E-state index contributed by atoms with van der Waals surface area (Å²) in [6.45, 7) is 3.89. The van der Waals surface area contributed by atoms with E-state index in [0.29, 0.717) is 11.5 Å². The van der Waals surface area contributed by atoms with E-state index < -0.39 is 11.7 Å². The van der Waals surface area contributed by atoms with Crippen molar-refractivity contribution in [2.75, 3.05) is 19.5 Å². The van der Waals surface area contributed by atoms with Crippen molar-refractivity contribution in [2.24, 2.45) is 5.92 Å². The van der Waals surface area contributed by atoms with Crippen molar-refractivity contribution in [3.05, 3.63) is 53.8 Å². The second kappa shape index (κ2) is 7.81. The van der Waals surface area contributed by atoms with Gasteiger partial charge in [0.15, 0.2) is 11.5 Å². The van der Waals surface area contributed by atoms with Crippen LogP contribution >= 0.6 is 0 Å². The quantitative estimate of drug-likeness (QED) is 0.862. The average Bonchev–Trinajstić information content (AvgIpc) is 2.56. The lowest BCUT2D eigenvalue weighted by Crippen LogP contribution is -2.25. The SMILES string of the molecule is COc1ccc(C(C(=O)Nc2ccccc2F)C(C)C)cc1OC. The number of para-hydroxylation sites is 1. The minimum absolute atomic E-state index is 0.0230. The molecule has 0 aliphatic rings. The molecular formula is C19H22FNO3. The first-order chi connectivity index (χ1) is 11.5. The summed E-state index contributed by atoms with van der Waals surface area (Å²) in [4.78, 5) is 12.7. The van der Waals surface area contributed by atoms with Crippen LogP contribution in [-0.2, 0) is 4.79 Å². The van der Waals surface area contributed by atoms with Gasteiger partial charge in [0, 0.05) is 0 Å². The highest BCUT2D eigenvalue weighted by Crippen LogP contribution is 2.34. The highest BCUT2D eigenvalue weighted by molar-refractivity contribution is 5.96. The fourth-order valence-corrected chi connectivity index (χ4v) is 2.66. The van der Waals surface area contributed by atoms with Crippen LogP contribution in [0.1, 0.15) is 25.3 Å². The number of rotatable bonds is 6. The molecule has 4 nitrogen and oxygen atoms in total. The van der Waals surface area contributed by atoms with Gasteiger partial charge < -0.3 is 14.8 Å². The summed E-state index contributed by atoms with van der Waals surface area (Å²) < 4.78 is 24.3. The fraction of sp³-hybridized carbons (Fsp3) is 0.316. The van der Waals surface area contributed by atoms with E-state index in [1.54, 1.807) is 44.6 Å². The van der Waals surface area contributed by atoms with E-state index in [-0.39, 0.29) is 17.5 Å². The molecule has 0 radical (unpaired) electrons. The van der Waals surface area contributed by atoms with Crippen LogP contribution in [0.15, 0.2) is 42.5 Å². The molecule has 1 atom stereocenters. The molecule has 0 aliphatic heterocycles. The van der Waals surface area contributed by atoms with E-state index in [4.69, 9.17) is 9.47 Å². The number of amides is 1. The molecule has 24 heavy (non-hydrogen) atoms. The molecule has 1 unspecified atom stereocenters. The minimum atomic E-state index is -0.458. The monoisotopic (exact) mass is 331 g/mol. The van der Waals surface area contributed by atoms with Gasteiger partial charge in [0.2, 0.25) is 5.91 Å². The largest absolute Gasteiger partial charge is 0.493 e. The third kappa shape index (κ3) is 3.85. The van der Waals surface area contributed by atoms with Gasteiger partial charge in [0.05, 0.1) is 25.8 Å². The Hall–Kier alpha value is -2.56. The van der Waals surface area contributed by atoms with Crippen molar-refractivity contribution in [2.45, 2.75) is 19.8 Å². The van der Waals surface area contributed by atoms with E-state index in [0.717, 1.165) is 5.56 Å². The van der Waals surface area contributed by atoms with Crippen LogP contribution in [0.2, 0.25) is 0 Å². The third-order valence-electron chi connectivity index (χ3n) is 3.85. The molecule has 0 heterocycles. The van der Waals surface area contributed by atoms with Crippen LogP contribution in [0.5, 0.6) is 11.5 Å². The van der Waals surface area contributed by atoms with Gasteiger partial charge in [-0.05, 0) is 35.7 Å². The molecular weight excluding hydrogens is 309 g/mol. The van der Waals surface area contributed by atoms with E-state index >= 15 is 0 Å². The van der Waals surface area contributed by atoms with Gasteiger partial charge in [-0.3, -0.25) is 4.79 Å². The summed E-state index contributed by atoms with van der Waals surface area (Å²) >= 11 is 0. The maximum atomic E-state index is 13.8. The van der Waals surface area contributed by atoms with Crippen molar-refractivity contribution >= 4 is 11.6 Å². The number of benzene rings is 2. The molecule has 0 spiro atoms. The van der Waals surface area contributed by atoms with Gasteiger partial charge in [0.25, 0.3) is 0 Å². The summed E-state index contributed by atoms with van der Waals surface area (Å²) in [6, 6.07) is 11.5. The Morgan fingerprint density at radius 3 is 2.29 bits per heavy atom. The summed E-state index contributed by atoms with van der Waals surface area (Å²) in [5.41, 5.74) is 0.963. The summed E-state index contributed by atoms with van der Waals surface area (Å²) in [6.07, 6.45) is 0. The predicted molar refractivity (Wildman–Crippen MR) is 92.2 cm³/mol. The Morgan fingerprint density at radius 2 is 1.71 bits per heavy atom. The van der Waals surface area contributed by atoms with Crippen LogP contribution in [0.3, 0.4) is 0 Å². The number of nitrogens with one attached hydrogen (secondary N) is 1. The van der Waals surface area contributed by atoms with Crippen molar-refractivity contribution in [3.8, 4) is 11.5 Å². The average molecular weight is 331 g/mol. The first kappa shape index (κ1) is 17.8. The Morgan fingerprint density at radius 1 is 1.04 bits per heavy atom. The van der Waals surface area contributed by atoms with Gasteiger partial charge in [0.1, 0.15) is 5.82 Å². The lowest BCUT2D eigenvalue weighted by atomic mass is 9.87. The normalized spacial score (nSPS) is 11.9. The van der Waals surface area contributed by atoms with Crippen LogP contribution in [0.4, 0.5) is 10.1 Å². The molecule has 5 heteroatoms. The molecule has 0 saturated carbocycles. The second-order valence-corrected chi connectivity index (χ2v) is 5.81. The van der Waals surface area contributed by atoms with Crippen molar-refractivity contribution in [3.63, 3.8) is 0 Å². The third-order valence-corrected chi connectivity index (χ3v) is 3.85. The number of halogens is 1. The zero-order chi connectivity index (χ0) is 17.7. The van der Waals surface area contributed by atoms with Crippen LogP contribution in [-0.4, -0.2) is 20.1 Å². The lowest BCUT2D eigenvalue weighted by Gasteiger charge is -2.22. The standard InChI is InChI=1S/C19H22FNO3/c1-12(2)18(13-9-10-16(23-3)17(11-13)24-4)19(22)21-15-8-6-5-7-14(15)20/h5-12,18H,1-4H3,(H,21,22). The Balaban J connectivity index is 2.32. The van der Waals surface area contributed by atoms with Gasteiger partial charge in [-0.25, -0.2) is 4.39 Å². The van der Waals surface area contributed by atoms with Gasteiger partial charge in [-0.1, -0.05) is 32.0 Å². The van der Waals surface area contributed by atoms with Crippen molar-refractivity contribution in [1.29, 1.82) is 0 Å². The molecule has 128 valence electrons. The summed E-state index contributed by atoms with van der Waals surface area (Å²) in [5, 5.41) is 2.67. The van der Waals surface area contributed by atoms with Crippen LogP contribution < -0.4 is 14.8 Å². The molecule has 2 aromatic rings. The smallest absolute Gasteiger partial charge is 0.232 e. The van der Waals surface area contributed by atoms with Crippen molar-refractivity contribution in [1.82, 2.24) is 0 Å². The molecule has 1 N–H and O–H groups in total. The summed E-state index contributed by atoms with van der Waals surface area (Å²) in [5.74, 6) is 0.0138. The van der Waals surface area contributed by atoms with E-state index in [1.807, 2.05) is 19.9 Å². The highest BCUT2D eigenvalue weighted by Gasteiger charge is 2.26. The minimum Gasteiger partial charge on any atom is -0.493 e. The highest BCUT2D eigenvalue weighted by atomic mass is 19.1. The predicted octanol–water partition coefficient (Wildman–Crippen LogP) is 4.22. The molecule has 2 rings (SSSR count). The van der Waals surface area contributed by atoms with E-state index in [9.17, 15) is 9.18 Å². The molecule has 0 saturated heterocycles. The number of hydrogen-bond donors (Lipinski definition) is 1. The fourth-order valence-electron chi connectivity index (χ4n) is 2.66. The molecule has 2 aromatic carbocycles. The molecule has 1 amide bonds. The van der Waals surface area contributed by atoms with E-state index in [2.05, 4.69) is 5.32 Å². The van der Waals surface area contributed by atoms with Gasteiger partial charge in [-0.2, -0.15) is 0 Å². The first-order valence-electron chi connectivity index (χ1n) is 7.75. The van der Waals surface area contributed by atoms with Gasteiger partial charge in [-0.15, -0.1) is 0 Å². The topological polar surface area (TPSA) is 47.6 Å². The van der Waals surface area contributed by atoms with E-state index in [1.165, 1.54) is 6.07 Å². The Labute approximate surface area is 141 Å². The molecule has 0 aliphatic carbocycles. The zero-order valence-corrected chi connectivity index (χ0v) is 14.3. The zero-order valence-electron chi connectivity index (χ0n) is 14.3. The number of anilines is 1. The number of methoxy groups -OCH3 is 2. The number of carbonyl (C=O) groups excluding carboxylic acids is 1. The second-order valence-electron chi connectivity index (χ2n) is 5.81. The molecule has 0 aromatic heterocycles. The Bertz CT molecular complexity index is 716. The van der Waals surface area contributed by atoms with Gasteiger partial charge >= 0.3 is 0 Å². The molecule has 0 bridgehead atoms. The molecule has 0 fully saturated rings. The summed E-state index contributed by atoms with van der Waals surface area (Å²) in [7, 11) is 3.10. The number of ether oxygens (including phenoxy) is 2. The maximum absolute atomic E-state index is 13.8. The number of carbonyl (C=O) groups is 1. The maximum Gasteiger partial charge on any atom is 0.232 e. The first-order valence-corrected chi connectivity index (χ1v) is 7.75. The van der Waals surface area contributed by atoms with Crippen molar-refractivity contribution < 1.29 is 18.7 Å².